The van der Waals surface area contributed by atoms with Gasteiger partial charge in [-0.3, -0.25) is 14.9 Å². The van der Waals surface area contributed by atoms with Crippen LogP contribution in [0.25, 0.3) is 0 Å². The summed E-state index contributed by atoms with van der Waals surface area (Å²) in [5, 5.41) is 15.2. The normalized spacial score (nSPS) is 10.2. The lowest BCUT2D eigenvalue weighted by Gasteiger charge is -2.04. The second kappa shape index (κ2) is 7.06. The molecule has 0 aliphatic rings. The van der Waals surface area contributed by atoms with Gasteiger partial charge in [-0.05, 0) is 23.6 Å². The van der Waals surface area contributed by atoms with Crippen molar-refractivity contribution in [3.05, 3.63) is 56.8 Å². The van der Waals surface area contributed by atoms with Crippen LogP contribution in [-0.4, -0.2) is 16.6 Å². The molecular weight excluding hydrogens is 296 g/mol. The molecule has 7 heteroatoms. The molecule has 0 bridgehead atoms. The summed E-state index contributed by atoms with van der Waals surface area (Å²) in [6.07, 6.45) is 0. The summed E-state index contributed by atoms with van der Waals surface area (Å²) in [5.74, 6) is 1.06. The number of carbonyl (C=O) groups is 1. The van der Waals surface area contributed by atoms with Crippen LogP contribution in [0.3, 0.4) is 0 Å². The number of hydrogen-bond donors (Lipinski definition) is 1. The maximum atomic E-state index is 11.7. The van der Waals surface area contributed by atoms with Crippen LogP contribution in [-0.2, 0) is 10.5 Å². The number of amides is 1. The molecule has 0 radical (unpaired) electrons. The number of nitrogens with zero attached hydrogens (tertiary/aromatic N) is 1. The van der Waals surface area contributed by atoms with Crippen molar-refractivity contribution in [2.75, 3.05) is 11.1 Å². The fraction of sp³-hybridized carbons (Fsp3) is 0.154. The van der Waals surface area contributed by atoms with Gasteiger partial charge in [0.05, 0.1) is 10.7 Å². The molecular formula is C13H12N2O3S2. The Kier molecular flexibility index (Phi) is 5.14. The van der Waals surface area contributed by atoms with Gasteiger partial charge in [-0.25, -0.2) is 0 Å². The Morgan fingerprint density at radius 3 is 2.65 bits per heavy atom. The van der Waals surface area contributed by atoms with Gasteiger partial charge < -0.3 is 5.32 Å². The van der Waals surface area contributed by atoms with E-state index in [-0.39, 0.29) is 11.6 Å². The van der Waals surface area contributed by atoms with Gasteiger partial charge in [0.1, 0.15) is 0 Å². The predicted molar refractivity (Wildman–Crippen MR) is 82.2 cm³/mol. The molecule has 1 aromatic carbocycles. The Morgan fingerprint density at radius 2 is 2.05 bits per heavy atom. The first-order valence-corrected chi connectivity index (χ1v) is 7.83. The van der Waals surface area contributed by atoms with Crippen molar-refractivity contribution in [2.24, 2.45) is 0 Å². The van der Waals surface area contributed by atoms with Crippen molar-refractivity contribution in [3.8, 4) is 0 Å². The zero-order chi connectivity index (χ0) is 14.4. The van der Waals surface area contributed by atoms with E-state index < -0.39 is 4.92 Å². The Hall–Kier alpha value is -1.86. The number of hydrogen-bond acceptors (Lipinski definition) is 5. The number of nitrogens with one attached hydrogen (secondary N) is 1. The third-order valence-corrected chi connectivity index (χ3v) is 4.46. The maximum absolute atomic E-state index is 11.7. The molecule has 2 aromatic rings. The fourth-order valence-corrected chi connectivity index (χ4v) is 3.17. The van der Waals surface area contributed by atoms with Crippen LogP contribution < -0.4 is 5.32 Å². The second-order valence-electron chi connectivity index (χ2n) is 3.92. The summed E-state index contributed by atoms with van der Waals surface area (Å²) in [7, 11) is 0. The molecule has 0 atom stereocenters. The van der Waals surface area contributed by atoms with Crippen LogP contribution in [0.4, 0.5) is 11.4 Å². The zero-order valence-corrected chi connectivity index (χ0v) is 12.1. The van der Waals surface area contributed by atoms with Crippen LogP contribution >= 0.6 is 23.1 Å². The highest BCUT2D eigenvalue weighted by molar-refractivity contribution is 7.99. The minimum absolute atomic E-state index is 0.00932. The zero-order valence-electron chi connectivity index (χ0n) is 10.4. The number of thioether (sulfide) groups is 1. The topological polar surface area (TPSA) is 72.2 Å². The minimum atomic E-state index is -0.470. The molecule has 104 valence electrons. The molecule has 1 N–H and O–H groups in total. The average Bonchev–Trinajstić information content (AvgIpc) is 2.92. The number of thiophene rings is 1. The smallest absolute Gasteiger partial charge is 0.269 e. The van der Waals surface area contributed by atoms with Gasteiger partial charge in [-0.1, -0.05) is 6.07 Å². The molecule has 1 heterocycles. The molecule has 0 aliphatic heterocycles. The highest BCUT2D eigenvalue weighted by Gasteiger charge is 2.06. The first kappa shape index (κ1) is 14.5. The number of anilines is 1. The number of nitro groups is 1. The van der Waals surface area contributed by atoms with E-state index >= 15 is 0 Å². The molecule has 0 unspecified atom stereocenters. The van der Waals surface area contributed by atoms with E-state index in [9.17, 15) is 14.9 Å². The van der Waals surface area contributed by atoms with Gasteiger partial charge in [0.25, 0.3) is 5.69 Å². The van der Waals surface area contributed by atoms with Gasteiger partial charge in [0, 0.05) is 28.5 Å². The van der Waals surface area contributed by atoms with Gasteiger partial charge in [-0.15, -0.1) is 23.1 Å². The fourth-order valence-electron chi connectivity index (χ4n) is 1.50. The number of benzene rings is 1. The average molecular weight is 308 g/mol. The van der Waals surface area contributed by atoms with E-state index in [1.807, 2.05) is 17.5 Å². The molecule has 20 heavy (non-hydrogen) atoms. The summed E-state index contributed by atoms with van der Waals surface area (Å²) in [4.78, 5) is 23.0. The lowest BCUT2D eigenvalue weighted by atomic mass is 10.3. The number of nitro benzene ring substituents is 1. The first-order chi connectivity index (χ1) is 9.65. The highest BCUT2D eigenvalue weighted by atomic mass is 32.2. The number of carbonyl (C=O) groups excluding carboxylic acids is 1. The molecule has 5 nitrogen and oxygen atoms in total. The van der Waals surface area contributed by atoms with Crippen molar-refractivity contribution in [2.45, 2.75) is 5.75 Å². The summed E-state index contributed by atoms with van der Waals surface area (Å²) in [5.41, 5.74) is 0.576. The molecule has 0 spiro atoms. The Balaban J connectivity index is 1.77. The maximum Gasteiger partial charge on any atom is 0.269 e. The molecule has 1 amide bonds. The van der Waals surface area contributed by atoms with Crippen LogP contribution in [0, 0.1) is 10.1 Å². The monoisotopic (exact) mass is 308 g/mol. The third-order valence-electron chi connectivity index (χ3n) is 2.42. The third kappa shape index (κ3) is 4.36. The van der Waals surface area contributed by atoms with Gasteiger partial charge in [0.15, 0.2) is 0 Å². The number of rotatable bonds is 6. The Bertz CT molecular complexity index is 582. The van der Waals surface area contributed by atoms with Gasteiger partial charge >= 0.3 is 0 Å². The van der Waals surface area contributed by atoms with Crippen molar-refractivity contribution in [1.29, 1.82) is 0 Å². The number of non-ortho nitro benzene ring substituents is 1. The highest BCUT2D eigenvalue weighted by Crippen LogP contribution is 2.18. The van der Waals surface area contributed by atoms with Gasteiger partial charge in [0.2, 0.25) is 5.91 Å². The van der Waals surface area contributed by atoms with E-state index in [1.165, 1.54) is 40.9 Å². The molecule has 0 saturated heterocycles. The SMILES string of the molecule is O=C(CSCc1cccs1)Nc1ccc([N+](=O)[O-])cc1. The second-order valence-corrected chi connectivity index (χ2v) is 5.94. The predicted octanol–water partition coefficient (Wildman–Crippen LogP) is 3.53. The van der Waals surface area contributed by atoms with Gasteiger partial charge in [-0.2, -0.15) is 0 Å². The van der Waals surface area contributed by atoms with E-state index in [1.54, 1.807) is 11.3 Å². The van der Waals surface area contributed by atoms with Crippen molar-refractivity contribution in [3.63, 3.8) is 0 Å². The molecule has 0 saturated carbocycles. The van der Waals surface area contributed by atoms with E-state index in [0.717, 1.165) is 5.75 Å². The lowest BCUT2D eigenvalue weighted by Crippen LogP contribution is -2.14. The minimum Gasteiger partial charge on any atom is -0.325 e. The lowest BCUT2D eigenvalue weighted by molar-refractivity contribution is -0.384. The van der Waals surface area contributed by atoms with E-state index in [2.05, 4.69) is 5.32 Å². The Morgan fingerprint density at radius 1 is 1.30 bits per heavy atom. The van der Waals surface area contributed by atoms with Crippen LogP contribution in [0.5, 0.6) is 0 Å². The molecule has 0 fully saturated rings. The molecule has 0 aliphatic carbocycles. The van der Waals surface area contributed by atoms with Crippen molar-refractivity contribution >= 4 is 40.4 Å². The van der Waals surface area contributed by atoms with Crippen LogP contribution in [0.1, 0.15) is 4.88 Å². The quantitative estimate of drug-likeness (QED) is 0.654. The Labute approximate surface area is 124 Å². The molecule has 1 aromatic heterocycles. The largest absolute Gasteiger partial charge is 0.325 e. The van der Waals surface area contributed by atoms with E-state index in [0.29, 0.717) is 11.4 Å². The first-order valence-electron chi connectivity index (χ1n) is 5.79. The van der Waals surface area contributed by atoms with Crippen LogP contribution in [0.2, 0.25) is 0 Å². The van der Waals surface area contributed by atoms with E-state index in [4.69, 9.17) is 0 Å². The molecule has 2 rings (SSSR count). The van der Waals surface area contributed by atoms with Crippen molar-refractivity contribution < 1.29 is 9.72 Å². The van der Waals surface area contributed by atoms with Crippen molar-refractivity contribution in [1.82, 2.24) is 0 Å². The summed E-state index contributed by atoms with van der Waals surface area (Å²) in [6, 6.07) is 9.81. The van der Waals surface area contributed by atoms with Crippen LogP contribution in [0.15, 0.2) is 41.8 Å². The summed E-state index contributed by atoms with van der Waals surface area (Å²) < 4.78 is 0. The summed E-state index contributed by atoms with van der Waals surface area (Å²) >= 11 is 3.20. The standard InChI is InChI=1S/C13H12N2O3S2/c16-13(9-19-8-12-2-1-7-20-12)14-10-3-5-11(6-4-10)15(17)18/h1-7H,8-9H2,(H,14,16). The summed E-state index contributed by atoms with van der Waals surface area (Å²) in [6.45, 7) is 0.